The highest BCUT2D eigenvalue weighted by Gasteiger charge is 2.22. The van der Waals surface area contributed by atoms with Crippen LogP contribution in [0.2, 0.25) is 0 Å². The molecule has 5 nitrogen and oxygen atoms in total. The summed E-state index contributed by atoms with van der Waals surface area (Å²) in [4.78, 5) is 17.9. The van der Waals surface area contributed by atoms with Crippen molar-refractivity contribution in [2.45, 2.75) is 45.7 Å². The zero-order chi connectivity index (χ0) is 19.8. The van der Waals surface area contributed by atoms with E-state index in [0.717, 1.165) is 37.8 Å². The van der Waals surface area contributed by atoms with Gasteiger partial charge in [-0.25, -0.2) is 0 Å². The van der Waals surface area contributed by atoms with E-state index in [1.165, 1.54) is 43.7 Å². The molecule has 1 fully saturated rings. The van der Waals surface area contributed by atoms with Crippen molar-refractivity contribution < 1.29 is 4.79 Å². The molecule has 0 unspecified atom stereocenters. The van der Waals surface area contributed by atoms with E-state index >= 15 is 0 Å². The average Bonchev–Trinajstić information content (AvgIpc) is 2.70. The first-order valence-corrected chi connectivity index (χ1v) is 10.3. The molecule has 3 N–H and O–H groups in total. The van der Waals surface area contributed by atoms with Crippen LogP contribution in [0.4, 0.5) is 5.69 Å². The van der Waals surface area contributed by atoms with Gasteiger partial charge in [0.05, 0.1) is 0 Å². The number of aromatic nitrogens is 1. The largest absolute Gasteiger partial charge is 0.330 e. The van der Waals surface area contributed by atoms with Crippen LogP contribution in [0.5, 0.6) is 0 Å². The maximum atomic E-state index is 11.2. The Kier molecular flexibility index (Phi) is 7.57. The number of nitrogens with one attached hydrogen (secondary N) is 1. The molecule has 150 valence electrons. The SMILES string of the molecule is CC(=O)Nc1ccc(CN(Cc2ccncc2)CC2CCC(CN)CC2)cc1. The van der Waals surface area contributed by atoms with Gasteiger partial charge in [0.25, 0.3) is 0 Å². The lowest BCUT2D eigenvalue weighted by Gasteiger charge is -2.32. The fourth-order valence-electron chi connectivity index (χ4n) is 4.10. The molecule has 0 radical (unpaired) electrons. The lowest BCUT2D eigenvalue weighted by molar-refractivity contribution is -0.114. The Morgan fingerprint density at radius 1 is 1.00 bits per heavy atom. The van der Waals surface area contributed by atoms with E-state index in [9.17, 15) is 4.79 Å². The van der Waals surface area contributed by atoms with Crippen LogP contribution >= 0.6 is 0 Å². The molecule has 1 heterocycles. The zero-order valence-electron chi connectivity index (χ0n) is 16.8. The number of nitrogens with two attached hydrogens (primary N) is 1. The zero-order valence-corrected chi connectivity index (χ0v) is 16.8. The normalized spacial score (nSPS) is 19.5. The Hall–Kier alpha value is -2.24. The Morgan fingerprint density at radius 2 is 1.57 bits per heavy atom. The summed E-state index contributed by atoms with van der Waals surface area (Å²) in [5, 5.41) is 2.83. The Morgan fingerprint density at radius 3 is 2.14 bits per heavy atom. The third kappa shape index (κ3) is 6.43. The maximum Gasteiger partial charge on any atom is 0.221 e. The molecule has 1 aromatic carbocycles. The predicted molar refractivity (Wildman–Crippen MR) is 114 cm³/mol. The minimum absolute atomic E-state index is 0.0415. The van der Waals surface area contributed by atoms with Gasteiger partial charge in [0.1, 0.15) is 0 Å². The second-order valence-corrected chi connectivity index (χ2v) is 8.03. The number of carbonyl (C=O) groups excluding carboxylic acids is 1. The van der Waals surface area contributed by atoms with Gasteiger partial charge in [-0.1, -0.05) is 12.1 Å². The first-order valence-electron chi connectivity index (χ1n) is 10.3. The van der Waals surface area contributed by atoms with Crippen LogP contribution in [0, 0.1) is 11.8 Å². The number of amides is 1. The van der Waals surface area contributed by atoms with Gasteiger partial charge in [-0.3, -0.25) is 14.7 Å². The van der Waals surface area contributed by atoms with Crippen molar-refractivity contribution in [1.29, 1.82) is 0 Å². The predicted octanol–water partition coefficient (Wildman–Crippen LogP) is 3.81. The van der Waals surface area contributed by atoms with Crippen LogP contribution in [-0.2, 0) is 17.9 Å². The van der Waals surface area contributed by atoms with Crippen LogP contribution in [0.3, 0.4) is 0 Å². The molecule has 1 aliphatic rings. The number of hydrogen-bond donors (Lipinski definition) is 2. The maximum absolute atomic E-state index is 11.2. The third-order valence-electron chi connectivity index (χ3n) is 5.65. The van der Waals surface area contributed by atoms with E-state index in [-0.39, 0.29) is 5.91 Å². The Bertz CT molecular complexity index is 724. The van der Waals surface area contributed by atoms with E-state index in [0.29, 0.717) is 5.92 Å². The molecule has 0 bridgehead atoms. The minimum atomic E-state index is -0.0415. The molecule has 5 heteroatoms. The molecular formula is C23H32N4O. The van der Waals surface area contributed by atoms with Crippen molar-refractivity contribution in [3.63, 3.8) is 0 Å². The van der Waals surface area contributed by atoms with Crippen molar-refractivity contribution >= 4 is 11.6 Å². The second kappa shape index (κ2) is 10.3. The fraction of sp³-hybridized carbons (Fsp3) is 0.478. The molecule has 2 aromatic rings. The molecule has 0 spiro atoms. The van der Waals surface area contributed by atoms with Gasteiger partial charge in [-0.15, -0.1) is 0 Å². The molecule has 28 heavy (non-hydrogen) atoms. The van der Waals surface area contributed by atoms with Crippen LogP contribution in [0.1, 0.15) is 43.7 Å². The number of rotatable bonds is 8. The molecule has 0 atom stereocenters. The first-order chi connectivity index (χ1) is 13.6. The number of pyridine rings is 1. The Labute approximate surface area is 168 Å². The second-order valence-electron chi connectivity index (χ2n) is 8.03. The lowest BCUT2D eigenvalue weighted by Crippen LogP contribution is -2.32. The quantitative estimate of drug-likeness (QED) is 0.731. The summed E-state index contributed by atoms with van der Waals surface area (Å²) in [6.45, 7) is 5.29. The molecule has 1 aromatic heterocycles. The van der Waals surface area contributed by atoms with Crippen molar-refractivity contribution in [3.05, 3.63) is 59.9 Å². The highest BCUT2D eigenvalue weighted by molar-refractivity contribution is 5.88. The van der Waals surface area contributed by atoms with Crippen LogP contribution in [0.25, 0.3) is 0 Å². The van der Waals surface area contributed by atoms with E-state index in [4.69, 9.17) is 5.73 Å². The number of benzene rings is 1. The van der Waals surface area contributed by atoms with Gasteiger partial charge >= 0.3 is 0 Å². The van der Waals surface area contributed by atoms with Crippen molar-refractivity contribution in [2.75, 3.05) is 18.4 Å². The summed E-state index contributed by atoms with van der Waals surface area (Å²) in [6.07, 6.45) is 8.79. The third-order valence-corrected chi connectivity index (χ3v) is 5.65. The van der Waals surface area contributed by atoms with Crippen LogP contribution in [0.15, 0.2) is 48.8 Å². The van der Waals surface area contributed by atoms with Gasteiger partial charge in [0.2, 0.25) is 5.91 Å². The van der Waals surface area contributed by atoms with Crippen LogP contribution < -0.4 is 11.1 Å². The summed E-state index contributed by atoms with van der Waals surface area (Å²) in [5.74, 6) is 1.41. The van der Waals surface area contributed by atoms with Crippen molar-refractivity contribution in [2.24, 2.45) is 17.6 Å². The molecule has 0 saturated heterocycles. The molecule has 1 aliphatic carbocycles. The van der Waals surface area contributed by atoms with Gasteiger partial charge < -0.3 is 11.1 Å². The minimum Gasteiger partial charge on any atom is -0.330 e. The highest BCUT2D eigenvalue weighted by Crippen LogP contribution is 2.29. The van der Waals surface area contributed by atoms with E-state index in [1.807, 2.05) is 24.5 Å². The summed E-state index contributed by atoms with van der Waals surface area (Å²) < 4.78 is 0. The van der Waals surface area contributed by atoms with E-state index in [1.54, 1.807) is 0 Å². The standard InChI is InChI=1S/C23H32N4O/c1-18(28)26-23-8-6-21(7-9-23)16-27(17-22-10-12-25-13-11-22)15-20-4-2-19(14-24)3-5-20/h6-13,19-20H,2-5,14-17,24H2,1H3,(H,26,28). The number of hydrogen-bond acceptors (Lipinski definition) is 4. The molecular weight excluding hydrogens is 348 g/mol. The fourth-order valence-corrected chi connectivity index (χ4v) is 4.10. The summed E-state index contributed by atoms with van der Waals surface area (Å²) in [5.41, 5.74) is 9.25. The molecule has 3 rings (SSSR count). The first kappa shape index (κ1) is 20.5. The van der Waals surface area contributed by atoms with E-state index < -0.39 is 0 Å². The monoisotopic (exact) mass is 380 g/mol. The van der Waals surface area contributed by atoms with Gasteiger partial charge in [-0.05, 0) is 79.5 Å². The summed E-state index contributed by atoms with van der Waals surface area (Å²) in [6, 6.07) is 12.4. The Balaban J connectivity index is 1.64. The number of nitrogens with zero attached hydrogens (tertiary/aromatic N) is 2. The topological polar surface area (TPSA) is 71.2 Å². The van der Waals surface area contributed by atoms with Gasteiger partial charge in [-0.2, -0.15) is 0 Å². The number of carbonyl (C=O) groups is 1. The molecule has 0 aliphatic heterocycles. The van der Waals surface area contributed by atoms with E-state index in [2.05, 4.69) is 39.5 Å². The average molecular weight is 381 g/mol. The summed E-state index contributed by atoms with van der Waals surface area (Å²) >= 11 is 0. The lowest BCUT2D eigenvalue weighted by atomic mass is 9.82. The smallest absolute Gasteiger partial charge is 0.221 e. The van der Waals surface area contributed by atoms with Gasteiger partial charge in [0.15, 0.2) is 0 Å². The summed E-state index contributed by atoms with van der Waals surface area (Å²) in [7, 11) is 0. The van der Waals surface area contributed by atoms with Crippen LogP contribution in [-0.4, -0.2) is 28.9 Å². The molecule has 1 amide bonds. The van der Waals surface area contributed by atoms with Gasteiger partial charge in [0, 0.05) is 44.6 Å². The van der Waals surface area contributed by atoms with Crippen molar-refractivity contribution in [1.82, 2.24) is 9.88 Å². The number of anilines is 1. The highest BCUT2D eigenvalue weighted by atomic mass is 16.1. The van der Waals surface area contributed by atoms with Crippen molar-refractivity contribution in [3.8, 4) is 0 Å². The molecule has 1 saturated carbocycles.